The zero-order chi connectivity index (χ0) is 16.5. The van der Waals surface area contributed by atoms with Crippen LogP contribution in [0.3, 0.4) is 0 Å². The SMILES string of the molecule is CCN=c1scc(-c2ccccc2Br)n1N=CC1CC2C=CC1C2. The second-order valence-corrected chi connectivity index (χ2v) is 8.07. The molecule has 3 nitrogen and oxygen atoms in total. The van der Waals surface area contributed by atoms with Gasteiger partial charge >= 0.3 is 0 Å². The number of nitrogens with zero attached hydrogens (tertiary/aromatic N) is 3. The van der Waals surface area contributed by atoms with Crippen molar-refractivity contribution < 1.29 is 0 Å². The average molecular weight is 402 g/mol. The zero-order valence-electron chi connectivity index (χ0n) is 13.6. The molecular weight excluding hydrogens is 382 g/mol. The average Bonchev–Trinajstić information content (AvgIpc) is 3.29. The lowest BCUT2D eigenvalue weighted by Gasteiger charge is -2.12. The number of hydrogen-bond acceptors (Lipinski definition) is 3. The smallest absolute Gasteiger partial charge is 0.206 e. The first-order valence-electron chi connectivity index (χ1n) is 8.45. The molecule has 0 aliphatic heterocycles. The van der Waals surface area contributed by atoms with Gasteiger partial charge in [0.15, 0.2) is 0 Å². The molecule has 2 aliphatic rings. The Kier molecular flexibility index (Phi) is 4.55. The van der Waals surface area contributed by atoms with Gasteiger partial charge in [-0.05, 0) is 37.7 Å². The summed E-state index contributed by atoms with van der Waals surface area (Å²) in [5, 5.41) is 7.00. The van der Waals surface area contributed by atoms with Crippen LogP contribution in [-0.2, 0) is 0 Å². The Morgan fingerprint density at radius 1 is 1.29 bits per heavy atom. The molecule has 4 rings (SSSR count). The molecule has 124 valence electrons. The number of hydrogen-bond donors (Lipinski definition) is 0. The van der Waals surface area contributed by atoms with Gasteiger partial charge in [-0.2, -0.15) is 5.10 Å². The van der Waals surface area contributed by atoms with Gasteiger partial charge in [0, 0.05) is 34.1 Å². The second kappa shape index (κ2) is 6.81. The lowest BCUT2D eigenvalue weighted by molar-refractivity contribution is 0.589. The maximum Gasteiger partial charge on any atom is 0.206 e. The minimum absolute atomic E-state index is 0.564. The monoisotopic (exact) mass is 401 g/mol. The fraction of sp³-hybridized carbons (Fsp3) is 0.368. The molecule has 2 aliphatic carbocycles. The molecule has 1 aromatic carbocycles. The Balaban J connectivity index is 1.73. The topological polar surface area (TPSA) is 29.6 Å². The van der Waals surface area contributed by atoms with Crippen molar-refractivity contribution in [3.8, 4) is 11.3 Å². The molecule has 1 heterocycles. The standard InChI is InChI=1S/C19H20BrN3S/c1-2-21-19-23(22-11-15-10-13-7-8-14(15)9-13)18(12-24-19)16-5-3-4-6-17(16)20/h3-8,11-15H,2,9-10H2,1H3. The second-order valence-electron chi connectivity index (χ2n) is 6.38. The molecule has 5 heteroatoms. The van der Waals surface area contributed by atoms with Crippen LogP contribution < -0.4 is 4.80 Å². The molecule has 2 aromatic rings. The van der Waals surface area contributed by atoms with Crippen molar-refractivity contribution in [1.29, 1.82) is 0 Å². The first-order valence-corrected chi connectivity index (χ1v) is 10.1. The molecule has 0 spiro atoms. The van der Waals surface area contributed by atoms with E-state index in [0.717, 1.165) is 33.0 Å². The summed E-state index contributed by atoms with van der Waals surface area (Å²) in [5.74, 6) is 2.01. The van der Waals surface area contributed by atoms with Gasteiger partial charge < -0.3 is 0 Å². The third-order valence-corrected chi connectivity index (χ3v) is 6.38. The summed E-state index contributed by atoms with van der Waals surface area (Å²) < 4.78 is 3.09. The Morgan fingerprint density at radius 2 is 2.17 bits per heavy atom. The van der Waals surface area contributed by atoms with E-state index < -0.39 is 0 Å². The first kappa shape index (κ1) is 16.0. The molecule has 1 fully saturated rings. The highest BCUT2D eigenvalue weighted by Crippen LogP contribution is 2.42. The van der Waals surface area contributed by atoms with Crippen LogP contribution in [0.5, 0.6) is 0 Å². The fourth-order valence-corrected chi connectivity index (χ4v) is 5.04. The van der Waals surface area contributed by atoms with Crippen LogP contribution in [0.2, 0.25) is 0 Å². The number of rotatable bonds is 4. The predicted octanol–water partition coefficient (Wildman–Crippen LogP) is 4.95. The summed E-state index contributed by atoms with van der Waals surface area (Å²) >= 11 is 5.31. The van der Waals surface area contributed by atoms with Crippen molar-refractivity contribution in [2.45, 2.75) is 19.8 Å². The molecule has 3 atom stereocenters. The van der Waals surface area contributed by atoms with Gasteiger partial charge in [-0.25, -0.2) is 4.68 Å². The Labute approximate surface area is 154 Å². The fourth-order valence-electron chi connectivity index (χ4n) is 3.66. The number of benzene rings is 1. The van der Waals surface area contributed by atoms with Gasteiger partial charge in [0.2, 0.25) is 4.80 Å². The van der Waals surface area contributed by atoms with Gasteiger partial charge in [-0.15, -0.1) is 11.3 Å². The van der Waals surface area contributed by atoms with Crippen molar-refractivity contribution in [1.82, 2.24) is 4.68 Å². The quantitative estimate of drug-likeness (QED) is 0.512. The van der Waals surface area contributed by atoms with Crippen LogP contribution in [0, 0.1) is 17.8 Å². The van der Waals surface area contributed by atoms with Gasteiger partial charge in [-0.3, -0.25) is 4.99 Å². The van der Waals surface area contributed by atoms with Crippen molar-refractivity contribution >= 4 is 33.5 Å². The Hall–Kier alpha value is -1.46. The van der Waals surface area contributed by atoms with Crippen LogP contribution in [0.15, 0.2) is 56.4 Å². The van der Waals surface area contributed by atoms with Gasteiger partial charge in [0.05, 0.1) is 5.69 Å². The molecule has 2 bridgehead atoms. The molecule has 0 N–H and O–H groups in total. The number of thiazole rings is 1. The van der Waals surface area contributed by atoms with Crippen molar-refractivity contribution in [2.24, 2.45) is 27.8 Å². The summed E-state index contributed by atoms with van der Waals surface area (Å²) in [6.07, 6.45) is 9.43. The van der Waals surface area contributed by atoms with E-state index in [-0.39, 0.29) is 0 Å². The minimum atomic E-state index is 0.564. The molecule has 3 unspecified atom stereocenters. The molecule has 24 heavy (non-hydrogen) atoms. The normalized spacial score (nSPS) is 26.1. The van der Waals surface area contributed by atoms with Crippen molar-refractivity contribution in [3.05, 3.63) is 51.1 Å². The number of aromatic nitrogens is 1. The number of fused-ring (bicyclic) bond motifs is 2. The third kappa shape index (κ3) is 2.95. The lowest BCUT2D eigenvalue weighted by atomic mass is 9.95. The van der Waals surface area contributed by atoms with Crippen LogP contribution in [0.4, 0.5) is 0 Å². The van der Waals surface area contributed by atoms with Crippen LogP contribution in [0.25, 0.3) is 11.3 Å². The van der Waals surface area contributed by atoms with Crippen LogP contribution in [0.1, 0.15) is 19.8 Å². The molecule has 1 saturated carbocycles. The van der Waals surface area contributed by atoms with Crippen molar-refractivity contribution in [3.63, 3.8) is 0 Å². The summed E-state index contributed by atoms with van der Waals surface area (Å²) in [6.45, 7) is 2.83. The lowest BCUT2D eigenvalue weighted by Crippen LogP contribution is -2.15. The van der Waals surface area contributed by atoms with E-state index in [2.05, 4.69) is 69.8 Å². The Morgan fingerprint density at radius 3 is 2.88 bits per heavy atom. The highest BCUT2D eigenvalue weighted by Gasteiger charge is 2.34. The Bertz CT molecular complexity index is 861. The van der Waals surface area contributed by atoms with E-state index in [1.807, 2.05) is 10.7 Å². The molecular formula is C19H20BrN3S. The maximum absolute atomic E-state index is 4.86. The first-order chi connectivity index (χ1) is 11.8. The van der Waals surface area contributed by atoms with Crippen molar-refractivity contribution in [2.75, 3.05) is 6.54 Å². The van der Waals surface area contributed by atoms with E-state index in [9.17, 15) is 0 Å². The molecule has 0 saturated heterocycles. The summed E-state index contributed by atoms with van der Waals surface area (Å²) in [4.78, 5) is 5.57. The predicted molar refractivity (Wildman–Crippen MR) is 104 cm³/mol. The number of halogens is 1. The number of allylic oxidation sites excluding steroid dienone is 2. The van der Waals surface area contributed by atoms with Crippen LogP contribution in [-0.4, -0.2) is 17.4 Å². The largest absolute Gasteiger partial charge is 0.258 e. The van der Waals surface area contributed by atoms with E-state index in [0.29, 0.717) is 11.8 Å². The highest BCUT2D eigenvalue weighted by molar-refractivity contribution is 9.10. The van der Waals surface area contributed by atoms with E-state index in [1.54, 1.807) is 11.3 Å². The minimum Gasteiger partial charge on any atom is -0.258 e. The highest BCUT2D eigenvalue weighted by atomic mass is 79.9. The zero-order valence-corrected chi connectivity index (χ0v) is 16.0. The summed E-state index contributed by atoms with van der Waals surface area (Å²) in [5.41, 5.74) is 2.24. The summed E-state index contributed by atoms with van der Waals surface area (Å²) in [7, 11) is 0. The van der Waals surface area contributed by atoms with E-state index >= 15 is 0 Å². The van der Waals surface area contributed by atoms with Gasteiger partial charge in [0.1, 0.15) is 0 Å². The summed E-state index contributed by atoms with van der Waals surface area (Å²) in [6, 6.07) is 8.28. The molecule has 0 amide bonds. The van der Waals surface area contributed by atoms with Crippen LogP contribution >= 0.6 is 27.3 Å². The van der Waals surface area contributed by atoms with E-state index in [4.69, 9.17) is 5.10 Å². The third-order valence-electron chi connectivity index (χ3n) is 4.83. The molecule has 0 radical (unpaired) electrons. The maximum atomic E-state index is 4.86. The van der Waals surface area contributed by atoms with Gasteiger partial charge in [0.25, 0.3) is 0 Å². The van der Waals surface area contributed by atoms with E-state index in [1.165, 1.54) is 12.8 Å². The van der Waals surface area contributed by atoms with Gasteiger partial charge in [-0.1, -0.05) is 46.3 Å². The molecule has 1 aromatic heterocycles.